The summed E-state index contributed by atoms with van der Waals surface area (Å²) in [6.45, 7) is 10.7. The zero-order chi connectivity index (χ0) is 17.1. The van der Waals surface area contributed by atoms with Crippen molar-refractivity contribution in [3.8, 4) is 0 Å². The van der Waals surface area contributed by atoms with Crippen molar-refractivity contribution in [3.05, 3.63) is 12.7 Å². The van der Waals surface area contributed by atoms with E-state index in [-0.39, 0.29) is 30.8 Å². The predicted molar refractivity (Wildman–Crippen MR) is 82.3 cm³/mol. The lowest BCUT2D eigenvalue weighted by Gasteiger charge is -2.44. The van der Waals surface area contributed by atoms with Gasteiger partial charge in [0.25, 0.3) is 0 Å². The van der Waals surface area contributed by atoms with Crippen LogP contribution in [0.4, 0.5) is 4.79 Å². The Labute approximate surface area is 130 Å². The van der Waals surface area contributed by atoms with E-state index in [1.54, 1.807) is 6.08 Å². The monoisotopic (exact) mass is 311 g/mol. The third-order valence-corrected chi connectivity index (χ3v) is 3.47. The van der Waals surface area contributed by atoms with Crippen LogP contribution in [-0.4, -0.2) is 52.1 Å². The van der Waals surface area contributed by atoms with Crippen LogP contribution in [-0.2, 0) is 9.59 Å². The lowest BCUT2D eigenvalue weighted by Crippen LogP contribution is -2.69. The summed E-state index contributed by atoms with van der Waals surface area (Å²) >= 11 is 0. The number of likely N-dealkylation sites (tertiary alicyclic amines) is 1. The lowest BCUT2D eigenvalue weighted by molar-refractivity contribution is -0.136. The molecule has 0 aromatic heterocycles. The zero-order valence-corrected chi connectivity index (χ0v) is 13.6. The summed E-state index contributed by atoms with van der Waals surface area (Å²) in [7, 11) is 0. The molecule has 7 heteroatoms. The van der Waals surface area contributed by atoms with E-state index in [1.807, 2.05) is 20.8 Å². The van der Waals surface area contributed by atoms with Gasteiger partial charge in [-0.15, -0.1) is 6.58 Å². The fraction of sp³-hybridized carbons (Fsp3) is 0.667. The maximum absolute atomic E-state index is 12.7. The Morgan fingerprint density at radius 3 is 2.36 bits per heavy atom. The predicted octanol–water partition coefficient (Wildman–Crippen LogP) is 0.962. The number of carbonyl (C=O) groups is 3. The second-order valence-corrected chi connectivity index (χ2v) is 6.83. The smallest absolute Gasteiger partial charge is 0.407 e. The number of hydrogen-bond acceptors (Lipinski definition) is 3. The second kappa shape index (κ2) is 6.37. The molecule has 2 atom stereocenters. The van der Waals surface area contributed by atoms with Gasteiger partial charge in [-0.2, -0.15) is 0 Å². The fourth-order valence-electron chi connectivity index (χ4n) is 2.66. The minimum Gasteiger partial charge on any atom is -0.465 e. The summed E-state index contributed by atoms with van der Waals surface area (Å²) < 4.78 is 0. The van der Waals surface area contributed by atoms with Gasteiger partial charge < -0.3 is 20.6 Å². The number of piperidine rings is 1. The summed E-state index contributed by atoms with van der Waals surface area (Å²) in [5, 5.41) is 14.8. The van der Waals surface area contributed by atoms with Gasteiger partial charge in [-0.1, -0.05) is 6.08 Å². The molecule has 7 nitrogen and oxygen atoms in total. The molecule has 0 bridgehead atoms. The summed E-state index contributed by atoms with van der Waals surface area (Å²) in [6.07, 6.45) is 0.822. The molecule has 1 aliphatic heterocycles. The van der Waals surface area contributed by atoms with Crippen molar-refractivity contribution in [1.82, 2.24) is 15.5 Å². The van der Waals surface area contributed by atoms with Gasteiger partial charge in [-0.3, -0.25) is 9.59 Å². The van der Waals surface area contributed by atoms with E-state index in [4.69, 9.17) is 0 Å². The number of hydrogen-bond donors (Lipinski definition) is 3. The number of nitrogens with zero attached hydrogens (tertiary/aromatic N) is 1. The Bertz CT molecular complexity index is 484. The van der Waals surface area contributed by atoms with Crippen LogP contribution in [0.2, 0.25) is 0 Å². The van der Waals surface area contributed by atoms with E-state index >= 15 is 0 Å². The number of rotatable bonds is 3. The molecule has 124 valence electrons. The van der Waals surface area contributed by atoms with Crippen LogP contribution in [0, 0.1) is 5.92 Å². The maximum Gasteiger partial charge on any atom is 0.407 e. The summed E-state index contributed by atoms with van der Waals surface area (Å²) in [4.78, 5) is 36.8. The summed E-state index contributed by atoms with van der Waals surface area (Å²) in [5.74, 6) is -0.963. The van der Waals surface area contributed by atoms with Crippen molar-refractivity contribution in [2.24, 2.45) is 5.92 Å². The highest BCUT2D eigenvalue weighted by molar-refractivity contribution is 5.92. The highest BCUT2D eigenvalue weighted by Gasteiger charge is 2.47. The Balaban J connectivity index is 3.17. The lowest BCUT2D eigenvalue weighted by atomic mass is 9.81. The van der Waals surface area contributed by atoms with Crippen LogP contribution in [0.1, 0.15) is 34.1 Å². The summed E-state index contributed by atoms with van der Waals surface area (Å²) in [5.41, 5.74) is -1.77. The molecule has 3 N–H and O–H groups in total. The van der Waals surface area contributed by atoms with Gasteiger partial charge in [0, 0.05) is 19.0 Å². The van der Waals surface area contributed by atoms with Gasteiger partial charge in [0.15, 0.2) is 0 Å². The molecule has 0 saturated carbocycles. The largest absolute Gasteiger partial charge is 0.465 e. The van der Waals surface area contributed by atoms with Gasteiger partial charge >= 0.3 is 6.09 Å². The first kappa shape index (κ1) is 18.0. The van der Waals surface area contributed by atoms with E-state index < -0.39 is 17.2 Å². The topological polar surface area (TPSA) is 98.7 Å². The maximum atomic E-state index is 12.7. The first-order valence-electron chi connectivity index (χ1n) is 7.21. The minimum atomic E-state index is -1.28. The Morgan fingerprint density at radius 2 is 1.95 bits per heavy atom. The molecule has 0 aliphatic carbocycles. The normalized spacial score (nSPS) is 25.3. The highest BCUT2D eigenvalue weighted by atomic mass is 16.4. The quantitative estimate of drug-likeness (QED) is 0.676. The highest BCUT2D eigenvalue weighted by Crippen LogP contribution is 2.28. The van der Waals surface area contributed by atoms with E-state index in [9.17, 15) is 19.5 Å². The van der Waals surface area contributed by atoms with Crippen LogP contribution in [0.3, 0.4) is 0 Å². The number of nitrogens with one attached hydrogen (secondary N) is 2. The molecule has 1 saturated heterocycles. The van der Waals surface area contributed by atoms with Gasteiger partial charge in [0.1, 0.15) is 5.54 Å². The molecule has 1 rings (SSSR count). The average molecular weight is 311 g/mol. The zero-order valence-electron chi connectivity index (χ0n) is 13.6. The SMILES string of the molecule is C=C[C@H]1CN(C(=O)O)C[C@](NC(C)=O)(C(=O)NC(C)(C)C)C1. The number of carbonyl (C=O) groups excluding carboxylic acids is 2. The van der Waals surface area contributed by atoms with Crippen LogP contribution < -0.4 is 10.6 Å². The minimum absolute atomic E-state index is 0.0752. The molecule has 1 heterocycles. The van der Waals surface area contributed by atoms with Crippen molar-refractivity contribution < 1.29 is 19.5 Å². The number of carboxylic acid groups (broad SMARTS) is 1. The molecule has 3 amide bonds. The third kappa shape index (κ3) is 4.47. The third-order valence-electron chi connectivity index (χ3n) is 3.47. The van der Waals surface area contributed by atoms with Crippen molar-refractivity contribution in [2.75, 3.05) is 13.1 Å². The van der Waals surface area contributed by atoms with Crippen LogP contribution in [0.25, 0.3) is 0 Å². The summed E-state index contributed by atoms with van der Waals surface area (Å²) in [6, 6.07) is 0. The average Bonchev–Trinajstić information content (AvgIpc) is 2.35. The van der Waals surface area contributed by atoms with Gasteiger partial charge in [-0.25, -0.2) is 4.79 Å². The van der Waals surface area contributed by atoms with Crippen molar-refractivity contribution >= 4 is 17.9 Å². The molecule has 22 heavy (non-hydrogen) atoms. The molecular weight excluding hydrogens is 286 g/mol. The molecule has 0 aromatic rings. The van der Waals surface area contributed by atoms with E-state index in [1.165, 1.54) is 6.92 Å². The standard InChI is InChI=1S/C15H25N3O4/c1-6-11-7-15(16-10(2)19,9-18(8-11)13(21)22)12(20)17-14(3,4)5/h6,11H,1,7-9H2,2-5H3,(H,16,19)(H,17,20)(H,21,22)/t11-,15+/m1/s1. The molecule has 1 fully saturated rings. The first-order chi connectivity index (χ1) is 9.99. The van der Waals surface area contributed by atoms with Crippen molar-refractivity contribution in [2.45, 2.75) is 45.2 Å². The van der Waals surface area contributed by atoms with Crippen molar-refractivity contribution in [3.63, 3.8) is 0 Å². The number of amides is 3. The van der Waals surface area contributed by atoms with Gasteiger partial charge in [0.05, 0.1) is 6.54 Å². The fourth-order valence-corrected chi connectivity index (χ4v) is 2.66. The van der Waals surface area contributed by atoms with Gasteiger partial charge in [0.2, 0.25) is 11.8 Å². The Kier molecular flexibility index (Phi) is 5.22. The molecule has 0 aromatic carbocycles. The van der Waals surface area contributed by atoms with Gasteiger partial charge in [-0.05, 0) is 33.1 Å². The molecule has 0 spiro atoms. The van der Waals surface area contributed by atoms with E-state index in [0.717, 1.165) is 4.90 Å². The van der Waals surface area contributed by atoms with Crippen LogP contribution in [0.5, 0.6) is 0 Å². The molecule has 0 unspecified atom stereocenters. The van der Waals surface area contributed by atoms with Crippen LogP contribution in [0.15, 0.2) is 12.7 Å². The second-order valence-electron chi connectivity index (χ2n) is 6.83. The van der Waals surface area contributed by atoms with E-state index in [2.05, 4.69) is 17.2 Å². The van der Waals surface area contributed by atoms with E-state index in [0.29, 0.717) is 6.42 Å². The Hall–Kier alpha value is -2.05. The molecule has 0 radical (unpaired) electrons. The first-order valence-corrected chi connectivity index (χ1v) is 7.21. The van der Waals surface area contributed by atoms with Crippen LogP contribution >= 0.6 is 0 Å². The molecule has 1 aliphatic rings. The van der Waals surface area contributed by atoms with Crippen molar-refractivity contribution in [1.29, 1.82) is 0 Å². The Morgan fingerprint density at radius 1 is 1.36 bits per heavy atom. The molecular formula is C15H25N3O4.